The summed E-state index contributed by atoms with van der Waals surface area (Å²) in [4.78, 5) is 12.8. The van der Waals surface area contributed by atoms with Gasteiger partial charge in [0, 0.05) is 37.5 Å². The molecule has 1 aromatic carbocycles. The van der Waals surface area contributed by atoms with Crippen molar-refractivity contribution in [1.82, 2.24) is 0 Å². The second kappa shape index (κ2) is 7.26. The SMILES string of the molecule is CCOc1cc(N2CCCC(CCO)C2)ccc1[N+](=O)[O-]. The number of anilines is 1. The summed E-state index contributed by atoms with van der Waals surface area (Å²) in [5.41, 5.74) is 0.955. The highest BCUT2D eigenvalue weighted by atomic mass is 16.6. The van der Waals surface area contributed by atoms with Crippen LogP contribution in [0.3, 0.4) is 0 Å². The average Bonchev–Trinajstić information content (AvgIpc) is 2.48. The fourth-order valence-electron chi connectivity index (χ4n) is 2.84. The normalized spacial score (nSPS) is 18.6. The van der Waals surface area contributed by atoms with Crippen molar-refractivity contribution in [2.24, 2.45) is 5.92 Å². The molecule has 0 amide bonds. The number of piperidine rings is 1. The first-order valence-corrected chi connectivity index (χ1v) is 7.42. The molecular formula is C15H22N2O4. The number of nitro benzene ring substituents is 1. The van der Waals surface area contributed by atoms with Crippen molar-refractivity contribution in [3.63, 3.8) is 0 Å². The minimum Gasteiger partial charge on any atom is -0.487 e. The van der Waals surface area contributed by atoms with Crippen molar-refractivity contribution < 1.29 is 14.8 Å². The molecule has 1 unspecified atom stereocenters. The first kappa shape index (κ1) is 15.6. The zero-order chi connectivity index (χ0) is 15.2. The Balaban J connectivity index is 2.19. The lowest BCUT2D eigenvalue weighted by Crippen LogP contribution is -2.35. The molecule has 116 valence electrons. The number of ether oxygens (including phenoxy) is 1. The van der Waals surface area contributed by atoms with E-state index < -0.39 is 4.92 Å². The maximum Gasteiger partial charge on any atom is 0.311 e. The minimum absolute atomic E-state index is 0.00418. The van der Waals surface area contributed by atoms with Crippen molar-refractivity contribution in [2.75, 3.05) is 31.2 Å². The van der Waals surface area contributed by atoms with Crippen LogP contribution in [0.2, 0.25) is 0 Å². The second-order valence-corrected chi connectivity index (χ2v) is 5.31. The van der Waals surface area contributed by atoms with E-state index in [-0.39, 0.29) is 12.3 Å². The van der Waals surface area contributed by atoms with Crippen LogP contribution < -0.4 is 9.64 Å². The average molecular weight is 294 g/mol. The maximum atomic E-state index is 11.0. The Kier molecular flexibility index (Phi) is 5.38. The smallest absolute Gasteiger partial charge is 0.311 e. The van der Waals surface area contributed by atoms with Crippen LogP contribution in [0.4, 0.5) is 11.4 Å². The van der Waals surface area contributed by atoms with Crippen LogP contribution in [-0.4, -0.2) is 36.3 Å². The van der Waals surface area contributed by atoms with Gasteiger partial charge in [-0.25, -0.2) is 0 Å². The van der Waals surface area contributed by atoms with E-state index in [1.165, 1.54) is 6.07 Å². The molecule has 0 aromatic heterocycles. The van der Waals surface area contributed by atoms with Crippen molar-refractivity contribution in [2.45, 2.75) is 26.2 Å². The van der Waals surface area contributed by atoms with E-state index in [0.717, 1.165) is 38.0 Å². The Labute approximate surface area is 124 Å². The Morgan fingerprint density at radius 2 is 2.33 bits per heavy atom. The summed E-state index contributed by atoms with van der Waals surface area (Å²) in [5, 5.41) is 20.1. The molecule has 21 heavy (non-hydrogen) atoms. The van der Waals surface area contributed by atoms with Crippen molar-refractivity contribution in [3.8, 4) is 5.75 Å². The van der Waals surface area contributed by atoms with Crippen LogP contribution >= 0.6 is 0 Å². The molecule has 0 bridgehead atoms. The molecule has 1 aromatic rings. The standard InChI is InChI=1S/C15H22N2O4/c1-2-21-15-10-13(5-6-14(15)17(19)20)16-8-3-4-12(11-16)7-9-18/h5-6,10,12,18H,2-4,7-9,11H2,1H3. The van der Waals surface area contributed by atoms with Gasteiger partial charge in [-0.2, -0.15) is 0 Å². The molecule has 1 N–H and O–H groups in total. The minimum atomic E-state index is -0.417. The number of aliphatic hydroxyl groups excluding tert-OH is 1. The first-order valence-electron chi connectivity index (χ1n) is 7.42. The van der Waals surface area contributed by atoms with E-state index in [1.54, 1.807) is 12.1 Å². The predicted octanol–water partition coefficient (Wildman–Crippen LogP) is 2.59. The number of hydrogen-bond acceptors (Lipinski definition) is 5. The van der Waals surface area contributed by atoms with Gasteiger partial charge < -0.3 is 14.7 Å². The van der Waals surface area contributed by atoms with E-state index in [4.69, 9.17) is 9.84 Å². The highest BCUT2D eigenvalue weighted by molar-refractivity contribution is 5.59. The van der Waals surface area contributed by atoms with Gasteiger partial charge >= 0.3 is 5.69 Å². The Morgan fingerprint density at radius 3 is 3.00 bits per heavy atom. The maximum absolute atomic E-state index is 11.0. The summed E-state index contributed by atoms with van der Waals surface area (Å²) in [5.74, 6) is 0.804. The van der Waals surface area contributed by atoms with Gasteiger partial charge in [0.15, 0.2) is 5.75 Å². The zero-order valence-electron chi connectivity index (χ0n) is 12.3. The van der Waals surface area contributed by atoms with Gasteiger partial charge in [-0.05, 0) is 38.2 Å². The number of benzene rings is 1. The molecule has 1 heterocycles. The molecule has 1 aliphatic heterocycles. The topological polar surface area (TPSA) is 75.8 Å². The summed E-state index contributed by atoms with van der Waals surface area (Å²) in [6, 6.07) is 5.04. The van der Waals surface area contributed by atoms with Crippen molar-refractivity contribution >= 4 is 11.4 Å². The molecular weight excluding hydrogens is 272 g/mol. The van der Waals surface area contributed by atoms with Crippen molar-refractivity contribution in [1.29, 1.82) is 0 Å². The molecule has 1 atom stereocenters. The quantitative estimate of drug-likeness (QED) is 0.644. The molecule has 0 aliphatic carbocycles. The molecule has 1 fully saturated rings. The number of rotatable bonds is 6. The summed E-state index contributed by atoms with van der Waals surface area (Å²) < 4.78 is 5.40. The molecule has 2 rings (SSSR count). The van der Waals surface area contributed by atoms with E-state index >= 15 is 0 Å². The first-order chi connectivity index (χ1) is 10.2. The van der Waals surface area contributed by atoms with E-state index in [2.05, 4.69) is 4.90 Å². The Morgan fingerprint density at radius 1 is 1.52 bits per heavy atom. The Bertz CT molecular complexity index is 491. The van der Waals surface area contributed by atoms with Gasteiger partial charge in [-0.15, -0.1) is 0 Å². The largest absolute Gasteiger partial charge is 0.487 e. The van der Waals surface area contributed by atoms with Gasteiger partial charge in [0.05, 0.1) is 11.5 Å². The fourth-order valence-corrected chi connectivity index (χ4v) is 2.84. The van der Waals surface area contributed by atoms with Crippen LogP contribution in [0.5, 0.6) is 5.75 Å². The molecule has 6 nitrogen and oxygen atoms in total. The molecule has 0 spiro atoms. The Hall–Kier alpha value is -1.82. The third kappa shape index (κ3) is 3.85. The van der Waals surface area contributed by atoms with E-state index in [0.29, 0.717) is 18.3 Å². The molecule has 0 saturated carbocycles. The highest BCUT2D eigenvalue weighted by Crippen LogP contribution is 2.33. The summed E-state index contributed by atoms with van der Waals surface area (Å²) in [7, 11) is 0. The lowest BCUT2D eigenvalue weighted by atomic mass is 9.95. The number of nitrogens with zero attached hydrogens (tertiary/aromatic N) is 2. The molecule has 6 heteroatoms. The number of hydrogen-bond donors (Lipinski definition) is 1. The van der Waals surface area contributed by atoms with Crippen molar-refractivity contribution in [3.05, 3.63) is 28.3 Å². The van der Waals surface area contributed by atoms with Gasteiger partial charge in [0.2, 0.25) is 0 Å². The summed E-state index contributed by atoms with van der Waals surface area (Å²) >= 11 is 0. The van der Waals surface area contributed by atoms with E-state index in [1.807, 2.05) is 6.92 Å². The van der Waals surface area contributed by atoms with Crippen LogP contribution in [0.25, 0.3) is 0 Å². The van der Waals surface area contributed by atoms with Gasteiger partial charge in [0.1, 0.15) is 0 Å². The summed E-state index contributed by atoms with van der Waals surface area (Å²) in [6.07, 6.45) is 3.01. The fraction of sp³-hybridized carbons (Fsp3) is 0.600. The van der Waals surface area contributed by atoms with Crippen LogP contribution in [0, 0.1) is 16.0 Å². The second-order valence-electron chi connectivity index (χ2n) is 5.31. The molecule has 0 radical (unpaired) electrons. The zero-order valence-corrected chi connectivity index (χ0v) is 12.3. The van der Waals surface area contributed by atoms with Gasteiger partial charge in [-0.1, -0.05) is 0 Å². The predicted molar refractivity (Wildman–Crippen MR) is 80.9 cm³/mol. The summed E-state index contributed by atoms with van der Waals surface area (Å²) in [6.45, 7) is 4.24. The van der Waals surface area contributed by atoms with Crippen LogP contribution in [-0.2, 0) is 0 Å². The number of nitro groups is 1. The molecule has 1 saturated heterocycles. The third-order valence-electron chi connectivity index (χ3n) is 3.86. The monoisotopic (exact) mass is 294 g/mol. The van der Waals surface area contributed by atoms with Gasteiger partial charge in [0.25, 0.3) is 0 Å². The lowest BCUT2D eigenvalue weighted by molar-refractivity contribution is -0.385. The van der Waals surface area contributed by atoms with E-state index in [9.17, 15) is 10.1 Å². The van der Waals surface area contributed by atoms with Gasteiger partial charge in [-0.3, -0.25) is 10.1 Å². The lowest BCUT2D eigenvalue weighted by Gasteiger charge is -2.34. The third-order valence-corrected chi connectivity index (χ3v) is 3.86. The highest BCUT2D eigenvalue weighted by Gasteiger charge is 2.22. The number of aliphatic hydroxyl groups is 1. The van der Waals surface area contributed by atoms with Crippen LogP contribution in [0.15, 0.2) is 18.2 Å². The molecule has 1 aliphatic rings. The van der Waals surface area contributed by atoms with Crippen LogP contribution in [0.1, 0.15) is 26.2 Å².